The second-order valence-corrected chi connectivity index (χ2v) is 9.90. The van der Waals surface area contributed by atoms with Crippen LogP contribution in [0.3, 0.4) is 0 Å². The Labute approximate surface area is 239 Å². The predicted octanol–water partition coefficient (Wildman–Crippen LogP) is 8.00. The van der Waals surface area contributed by atoms with Gasteiger partial charge < -0.3 is 10.6 Å². The zero-order valence-corrected chi connectivity index (χ0v) is 22.8. The van der Waals surface area contributed by atoms with E-state index in [1.807, 2.05) is 38.1 Å². The zero-order chi connectivity index (χ0) is 28.4. The molecule has 0 radical (unpaired) electrons. The molecule has 9 nitrogen and oxygen atoms in total. The molecule has 2 heterocycles. The van der Waals surface area contributed by atoms with Gasteiger partial charge in [-0.2, -0.15) is 5.26 Å². The summed E-state index contributed by atoms with van der Waals surface area (Å²) in [5.74, 6) is -0.623. The van der Waals surface area contributed by atoms with E-state index in [4.69, 9.17) is 23.2 Å². The van der Waals surface area contributed by atoms with Crippen LogP contribution in [-0.2, 0) is 0 Å². The van der Waals surface area contributed by atoms with E-state index >= 15 is 0 Å². The van der Waals surface area contributed by atoms with Gasteiger partial charge in [-0.15, -0.1) is 0 Å². The van der Waals surface area contributed by atoms with E-state index in [9.17, 15) is 15.4 Å². The Balaban J connectivity index is 1.50. The third kappa shape index (κ3) is 5.36. The molecule has 1 unspecified atom stereocenters. The highest BCUT2D eigenvalue weighted by atomic mass is 35.5. The van der Waals surface area contributed by atoms with E-state index in [1.54, 1.807) is 42.5 Å². The van der Waals surface area contributed by atoms with Crippen molar-refractivity contribution in [1.29, 1.82) is 5.26 Å². The number of nitrogens with zero attached hydrogens (tertiary/aromatic N) is 5. The number of fused-ring (bicyclic) bond motifs is 1. The molecule has 11 heteroatoms. The number of hydrogen-bond acceptors (Lipinski definition) is 8. The van der Waals surface area contributed by atoms with Crippen LogP contribution in [0.5, 0.6) is 0 Å². The largest absolute Gasteiger partial charge is 0.353 e. The highest BCUT2D eigenvalue weighted by molar-refractivity contribution is 6.32. The van der Waals surface area contributed by atoms with Crippen LogP contribution >= 0.6 is 23.2 Å². The van der Waals surface area contributed by atoms with Crippen LogP contribution < -0.4 is 10.6 Å². The molecule has 5 rings (SSSR count). The fourth-order valence-corrected chi connectivity index (χ4v) is 4.79. The average Bonchev–Trinajstić information content (AvgIpc) is 2.92. The van der Waals surface area contributed by atoms with Gasteiger partial charge in [0.2, 0.25) is 11.6 Å². The maximum Gasteiger partial charge on any atom is 0.353 e. The van der Waals surface area contributed by atoms with Crippen molar-refractivity contribution in [3.05, 3.63) is 116 Å². The molecular weight excluding hydrogens is 549 g/mol. The van der Waals surface area contributed by atoms with Crippen molar-refractivity contribution in [3.8, 4) is 6.07 Å². The summed E-state index contributed by atoms with van der Waals surface area (Å²) in [7, 11) is 0. The monoisotopic (exact) mass is 569 g/mol. The summed E-state index contributed by atoms with van der Waals surface area (Å²) in [6.45, 7) is 3.71. The maximum absolute atomic E-state index is 12.2. The molecule has 1 atom stereocenters. The van der Waals surface area contributed by atoms with Crippen molar-refractivity contribution in [2.45, 2.75) is 19.8 Å². The quantitative estimate of drug-likeness (QED) is 0.149. The number of halogens is 2. The first-order valence-electron chi connectivity index (χ1n) is 12.1. The van der Waals surface area contributed by atoms with Gasteiger partial charge >= 0.3 is 5.69 Å². The lowest BCUT2D eigenvalue weighted by Crippen LogP contribution is -2.07. The van der Waals surface area contributed by atoms with E-state index < -0.39 is 10.8 Å². The number of hydrogen-bond donors (Lipinski definition) is 2. The number of pyridine rings is 1. The van der Waals surface area contributed by atoms with Gasteiger partial charge in [0.05, 0.1) is 22.4 Å². The van der Waals surface area contributed by atoms with Crippen LogP contribution in [0, 0.1) is 35.3 Å². The Kier molecular flexibility index (Phi) is 7.47. The first-order valence-corrected chi connectivity index (χ1v) is 12.9. The first-order chi connectivity index (χ1) is 19.2. The molecule has 40 heavy (non-hydrogen) atoms. The number of anilines is 4. The Morgan fingerprint density at radius 2 is 1.65 bits per heavy atom. The van der Waals surface area contributed by atoms with Crippen LogP contribution in [0.2, 0.25) is 10.0 Å². The molecule has 2 aromatic heterocycles. The van der Waals surface area contributed by atoms with Gasteiger partial charge in [0, 0.05) is 32.5 Å². The zero-order valence-electron chi connectivity index (χ0n) is 21.3. The van der Waals surface area contributed by atoms with E-state index in [0.717, 1.165) is 22.2 Å². The standard InChI is InChI=1S/C29H21Cl2N7O2/c1-16-12-21(22(14-32)18-7-9-19(30)10-8-18)23(31)13-26(16)37-29-27(38(39)40)28(33-15-34-29)36-25-5-3-4-24-20(25)11-6-17(2)35-24/h3-13,15,22H,1-2H3,(H2,33,34,36,37). The number of nitrogens with one attached hydrogen (secondary N) is 2. The number of nitro groups is 1. The lowest BCUT2D eigenvalue weighted by atomic mass is 9.91. The summed E-state index contributed by atoms with van der Waals surface area (Å²) in [6, 6.07) is 21.9. The van der Waals surface area contributed by atoms with Crippen LogP contribution in [0.25, 0.3) is 10.9 Å². The smallest absolute Gasteiger partial charge is 0.334 e. The van der Waals surface area contributed by atoms with E-state index in [1.165, 1.54) is 6.33 Å². The molecule has 0 spiro atoms. The lowest BCUT2D eigenvalue weighted by Gasteiger charge is -2.17. The number of aryl methyl sites for hydroxylation is 2. The third-order valence-electron chi connectivity index (χ3n) is 6.37. The van der Waals surface area contributed by atoms with Gasteiger partial charge in [0.1, 0.15) is 6.33 Å². The molecule has 0 saturated heterocycles. The van der Waals surface area contributed by atoms with Crippen molar-refractivity contribution >= 4 is 62.8 Å². The molecular formula is C29H21Cl2N7O2. The van der Waals surface area contributed by atoms with Gasteiger partial charge in [0.25, 0.3) is 0 Å². The van der Waals surface area contributed by atoms with Gasteiger partial charge in [-0.25, -0.2) is 9.97 Å². The molecule has 0 saturated carbocycles. The summed E-state index contributed by atoms with van der Waals surface area (Å²) >= 11 is 12.6. The number of benzene rings is 3. The van der Waals surface area contributed by atoms with Crippen molar-refractivity contribution < 1.29 is 4.92 Å². The summed E-state index contributed by atoms with van der Waals surface area (Å²) in [6.07, 6.45) is 1.24. The van der Waals surface area contributed by atoms with Crippen molar-refractivity contribution in [2.75, 3.05) is 10.6 Å². The molecule has 0 fully saturated rings. The summed E-state index contributed by atoms with van der Waals surface area (Å²) in [5, 5.41) is 29.9. The van der Waals surface area contributed by atoms with E-state index in [2.05, 4.69) is 31.7 Å². The summed E-state index contributed by atoms with van der Waals surface area (Å²) in [4.78, 5) is 24.5. The molecule has 0 aliphatic carbocycles. The van der Waals surface area contributed by atoms with Crippen molar-refractivity contribution in [2.24, 2.45) is 0 Å². The minimum atomic E-state index is -0.624. The molecule has 0 aliphatic rings. The molecule has 198 valence electrons. The third-order valence-corrected chi connectivity index (χ3v) is 6.95. The summed E-state index contributed by atoms with van der Waals surface area (Å²) < 4.78 is 0. The first kappa shape index (κ1) is 26.8. The van der Waals surface area contributed by atoms with Gasteiger partial charge in [0.15, 0.2) is 0 Å². The van der Waals surface area contributed by atoms with Crippen LogP contribution in [-0.4, -0.2) is 19.9 Å². The Bertz CT molecular complexity index is 1800. The topological polar surface area (TPSA) is 130 Å². The van der Waals surface area contributed by atoms with E-state index in [0.29, 0.717) is 32.5 Å². The Hall–Kier alpha value is -4.78. The molecule has 0 aliphatic heterocycles. The number of nitriles is 1. The molecule has 0 amide bonds. The minimum absolute atomic E-state index is 0.0156. The maximum atomic E-state index is 12.2. The predicted molar refractivity (Wildman–Crippen MR) is 157 cm³/mol. The number of rotatable bonds is 7. The molecule has 2 N–H and O–H groups in total. The lowest BCUT2D eigenvalue weighted by molar-refractivity contribution is -0.383. The molecule has 5 aromatic rings. The fourth-order valence-electron chi connectivity index (χ4n) is 4.39. The second-order valence-electron chi connectivity index (χ2n) is 9.05. The highest BCUT2D eigenvalue weighted by Crippen LogP contribution is 2.38. The second kappa shape index (κ2) is 11.1. The van der Waals surface area contributed by atoms with Crippen LogP contribution in [0.1, 0.15) is 28.3 Å². The minimum Gasteiger partial charge on any atom is -0.334 e. The number of aromatic nitrogens is 3. The fraction of sp³-hybridized carbons (Fsp3) is 0.103. The normalized spacial score (nSPS) is 11.6. The average molecular weight is 570 g/mol. The highest BCUT2D eigenvalue weighted by Gasteiger charge is 2.25. The van der Waals surface area contributed by atoms with Gasteiger partial charge in [-0.3, -0.25) is 15.1 Å². The molecule has 3 aromatic carbocycles. The molecule has 0 bridgehead atoms. The van der Waals surface area contributed by atoms with Crippen LogP contribution in [0.4, 0.5) is 28.7 Å². The summed E-state index contributed by atoms with van der Waals surface area (Å²) in [5.41, 5.74) is 4.45. The van der Waals surface area contributed by atoms with Gasteiger partial charge in [-0.05, 0) is 73.0 Å². The van der Waals surface area contributed by atoms with Crippen molar-refractivity contribution in [1.82, 2.24) is 15.0 Å². The SMILES string of the molecule is Cc1ccc2c(Nc3ncnc(Nc4cc(Cl)c(C(C#N)c5ccc(Cl)cc5)cc4C)c3[N+](=O)[O-])cccc2n1. The van der Waals surface area contributed by atoms with E-state index in [-0.39, 0.29) is 17.3 Å². The Morgan fingerprint density at radius 1 is 0.950 bits per heavy atom. The Morgan fingerprint density at radius 3 is 2.33 bits per heavy atom. The van der Waals surface area contributed by atoms with Crippen molar-refractivity contribution in [3.63, 3.8) is 0 Å². The van der Waals surface area contributed by atoms with Gasteiger partial charge in [-0.1, -0.05) is 47.5 Å². The van der Waals surface area contributed by atoms with Crippen LogP contribution in [0.15, 0.2) is 73.1 Å².